The minimum atomic E-state index is 0.866. The number of hydrogen-bond acceptors (Lipinski definition) is 3. The lowest BCUT2D eigenvalue weighted by molar-refractivity contribution is 0.660. The van der Waals surface area contributed by atoms with Gasteiger partial charge in [-0.3, -0.25) is 0 Å². The van der Waals surface area contributed by atoms with E-state index in [1.165, 1.54) is 38.5 Å². The van der Waals surface area contributed by atoms with E-state index >= 15 is 0 Å². The molecule has 2 rings (SSSR count). The van der Waals surface area contributed by atoms with Gasteiger partial charge in [0.25, 0.3) is 0 Å². The normalized spacial score (nSPS) is 11.3. The molecule has 0 aliphatic heterocycles. The maximum Gasteiger partial charge on any atom is 0.177 e. The Morgan fingerprint density at radius 1 is 0.895 bits per heavy atom. The van der Waals surface area contributed by atoms with Crippen LogP contribution in [0.15, 0.2) is 12.1 Å². The fourth-order valence-corrected chi connectivity index (χ4v) is 2.25. The Balaban J connectivity index is 2.08. The maximum absolute atomic E-state index is 4.68. The van der Waals surface area contributed by atoms with E-state index < -0.39 is 0 Å². The van der Waals surface area contributed by atoms with Gasteiger partial charge in [0.1, 0.15) is 0 Å². The van der Waals surface area contributed by atoms with E-state index in [2.05, 4.69) is 35.2 Å². The monoisotopic (exact) mass is 260 g/mol. The van der Waals surface area contributed by atoms with Crippen LogP contribution in [0.1, 0.15) is 63.9 Å². The zero-order valence-electron chi connectivity index (χ0n) is 12.1. The molecule has 0 amide bonds. The lowest BCUT2D eigenvalue weighted by Crippen LogP contribution is -2.02. The number of unbranched alkanes of at least 4 members (excludes halogenated alkanes) is 4. The third-order valence-corrected chi connectivity index (χ3v) is 3.42. The Morgan fingerprint density at radius 3 is 2.37 bits per heavy atom. The van der Waals surface area contributed by atoms with Crippen LogP contribution in [0.3, 0.4) is 0 Å². The molecule has 0 saturated carbocycles. The summed E-state index contributed by atoms with van der Waals surface area (Å²) in [6.45, 7) is 4.44. The second-order valence-electron chi connectivity index (χ2n) is 5.13. The van der Waals surface area contributed by atoms with Crippen LogP contribution in [0.2, 0.25) is 0 Å². The molecule has 0 atom stereocenters. The van der Waals surface area contributed by atoms with Gasteiger partial charge in [0.2, 0.25) is 0 Å². The molecule has 0 radical (unpaired) electrons. The molecule has 0 aromatic carbocycles. The fourth-order valence-electron chi connectivity index (χ4n) is 2.25. The van der Waals surface area contributed by atoms with Gasteiger partial charge >= 0.3 is 0 Å². The van der Waals surface area contributed by atoms with Crippen LogP contribution in [-0.4, -0.2) is 19.8 Å². The quantitative estimate of drug-likeness (QED) is 0.681. The second kappa shape index (κ2) is 7.22. The van der Waals surface area contributed by atoms with Crippen molar-refractivity contribution in [3.63, 3.8) is 0 Å². The van der Waals surface area contributed by atoms with E-state index in [1.807, 2.05) is 10.6 Å². The van der Waals surface area contributed by atoms with Gasteiger partial charge < -0.3 is 0 Å². The van der Waals surface area contributed by atoms with Gasteiger partial charge in [-0.1, -0.05) is 39.5 Å². The van der Waals surface area contributed by atoms with Crippen LogP contribution in [0.4, 0.5) is 0 Å². The molecule has 2 heterocycles. The number of fused-ring (bicyclic) bond motifs is 1. The Labute approximate surface area is 115 Å². The zero-order valence-corrected chi connectivity index (χ0v) is 12.1. The number of aromatic nitrogens is 4. The molecular formula is C15H24N4. The molecule has 2 aromatic rings. The first-order valence-electron chi connectivity index (χ1n) is 7.55. The minimum Gasteiger partial charge on any atom is -0.197 e. The van der Waals surface area contributed by atoms with E-state index in [0.29, 0.717) is 0 Å². The first-order valence-corrected chi connectivity index (χ1v) is 7.55. The molecule has 0 spiro atoms. The van der Waals surface area contributed by atoms with Gasteiger partial charge in [-0.2, -0.15) is 9.61 Å². The molecule has 4 heteroatoms. The van der Waals surface area contributed by atoms with Crippen molar-refractivity contribution in [2.24, 2.45) is 0 Å². The van der Waals surface area contributed by atoms with Crippen molar-refractivity contribution in [2.45, 2.75) is 65.2 Å². The molecule has 104 valence electrons. The summed E-state index contributed by atoms with van der Waals surface area (Å²) in [6.07, 6.45) is 9.39. The molecular weight excluding hydrogens is 236 g/mol. The molecule has 0 N–H and O–H groups in total. The number of hydrogen-bond donors (Lipinski definition) is 0. The summed E-state index contributed by atoms with van der Waals surface area (Å²) in [5.74, 6) is 1.00. The van der Waals surface area contributed by atoms with Crippen molar-refractivity contribution < 1.29 is 0 Å². The lowest BCUT2D eigenvalue weighted by atomic mass is 10.1. The Morgan fingerprint density at radius 2 is 1.63 bits per heavy atom. The standard InChI is InChI=1S/C15H24N4/c1-3-5-7-9-13-11-12-15-17-16-14(19(15)18-13)10-8-6-4-2/h11-12H,3-10H2,1-2H3. The predicted octanol–water partition coefficient (Wildman–Crippen LogP) is 3.59. The lowest BCUT2D eigenvalue weighted by Gasteiger charge is -2.02. The highest BCUT2D eigenvalue weighted by Crippen LogP contribution is 2.09. The van der Waals surface area contributed by atoms with Crippen molar-refractivity contribution in [1.82, 2.24) is 19.8 Å². The minimum absolute atomic E-state index is 0.866. The van der Waals surface area contributed by atoms with E-state index in [0.717, 1.165) is 30.0 Å². The number of aryl methyl sites for hydroxylation is 2. The summed E-state index contributed by atoms with van der Waals surface area (Å²) in [4.78, 5) is 0. The third kappa shape index (κ3) is 3.75. The summed E-state index contributed by atoms with van der Waals surface area (Å²) in [6, 6.07) is 4.11. The Bertz CT molecular complexity index is 504. The first-order chi connectivity index (χ1) is 9.35. The van der Waals surface area contributed by atoms with Crippen LogP contribution >= 0.6 is 0 Å². The smallest absolute Gasteiger partial charge is 0.177 e. The van der Waals surface area contributed by atoms with Gasteiger partial charge in [0.05, 0.1) is 5.69 Å². The molecule has 0 saturated heterocycles. The summed E-state index contributed by atoms with van der Waals surface area (Å²) in [5.41, 5.74) is 2.02. The number of nitrogens with zero attached hydrogens (tertiary/aromatic N) is 4. The average Bonchev–Trinajstić information content (AvgIpc) is 2.82. The van der Waals surface area contributed by atoms with Crippen molar-refractivity contribution in [3.8, 4) is 0 Å². The molecule has 0 unspecified atom stereocenters. The Kier molecular flexibility index (Phi) is 5.31. The molecule has 19 heavy (non-hydrogen) atoms. The van der Waals surface area contributed by atoms with Gasteiger partial charge in [-0.25, -0.2) is 0 Å². The fraction of sp³-hybridized carbons (Fsp3) is 0.667. The van der Waals surface area contributed by atoms with E-state index in [-0.39, 0.29) is 0 Å². The SMILES string of the molecule is CCCCCc1ccc2nnc(CCCCC)n2n1. The predicted molar refractivity (Wildman–Crippen MR) is 77.2 cm³/mol. The summed E-state index contributed by atoms with van der Waals surface area (Å²) in [7, 11) is 0. The highest BCUT2D eigenvalue weighted by atomic mass is 15.4. The third-order valence-electron chi connectivity index (χ3n) is 3.42. The van der Waals surface area contributed by atoms with Gasteiger partial charge in [-0.15, -0.1) is 10.2 Å². The van der Waals surface area contributed by atoms with E-state index in [1.54, 1.807) is 0 Å². The Hall–Kier alpha value is -1.45. The van der Waals surface area contributed by atoms with Gasteiger partial charge in [-0.05, 0) is 31.4 Å². The molecule has 0 fully saturated rings. The molecule has 0 aliphatic carbocycles. The van der Waals surface area contributed by atoms with Crippen LogP contribution < -0.4 is 0 Å². The molecule has 0 bridgehead atoms. The first kappa shape index (κ1) is 14.0. The van der Waals surface area contributed by atoms with E-state index in [4.69, 9.17) is 0 Å². The highest BCUT2D eigenvalue weighted by molar-refractivity contribution is 5.36. The zero-order chi connectivity index (χ0) is 13.5. The highest BCUT2D eigenvalue weighted by Gasteiger charge is 2.07. The van der Waals surface area contributed by atoms with Gasteiger partial charge in [0.15, 0.2) is 11.5 Å². The average molecular weight is 260 g/mol. The van der Waals surface area contributed by atoms with Crippen LogP contribution in [0.5, 0.6) is 0 Å². The van der Waals surface area contributed by atoms with Gasteiger partial charge in [0, 0.05) is 6.42 Å². The van der Waals surface area contributed by atoms with E-state index in [9.17, 15) is 0 Å². The van der Waals surface area contributed by atoms with Crippen LogP contribution in [0.25, 0.3) is 5.65 Å². The summed E-state index contributed by atoms with van der Waals surface area (Å²) >= 11 is 0. The molecule has 4 nitrogen and oxygen atoms in total. The maximum atomic E-state index is 4.68. The second-order valence-corrected chi connectivity index (χ2v) is 5.13. The summed E-state index contributed by atoms with van der Waals surface area (Å²) in [5, 5.41) is 13.1. The summed E-state index contributed by atoms with van der Waals surface area (Å²) < 4.78 is 1.93. The van der Waals surface area contributed by atoms with Crippen LogP contribution in [0, 0.1) is 0 Å². The van der Waals surface area contributed by atoms with Crippen molar-refractivity contribution >= 4 is 5.65 Å². The van der Waals surface area contributed by atoms with Crippen molar-refractivity contribution in [3.05, 3.63) is 23.7 Å². The number of rotatable bonds is 8. The van der Waals surface area contributed by atoms with Crippen molar-refractivity contribution in [1.29, 1.82) is 0 Å². The largest absolute Gasteiger partial charge is 0.197 e. The topological polar surface area (TPSA) is 43.1 Å². The molecule has 2 aromatic heterocycles. The molecule has 0 aliphatic rings. The van der Waals surface area contributed by atoms with Crippen molar-refractivity contribution in [2.75, 3.05) is 0 Å². The van der Waals surface area contributed by atoms with Crippen LogP contribution in [-0.2, 0) is 12.8 Å².